The smallest absolute Gasteiger partial charge is 0.410 e. The summed E-state index contributed by atoms with van der Waals surface area (Å²) in [4.78, 5) is 93.4. The molecule has 2 heterocycles. The van der Waals surface area contributed by atoms with Crippen LogP contribution in [-0.2, 0) is 46.5 Å². The Kier molecular flexibility index (Phi) is 13.6. The van der Waals surface area contributed by atoms with Gasteiger partial charge in [0, 0.05) is 19.5 Å². The second-order valence-electron chi connectivity index (χ2n) is 13.2. The van der Waals surface area contributed by atoms with E-state index in [4.69, 9.17) is 4.74 Å². The molecule has 3 rings (SSSR count). The van der Waals surface area contributed by atoms with Crippen molar-refractivity contribution < 1.29 is 43.4 Å². The number of rotatable bonds is 14. The zero-order chi connectivity index (χ0) is 35.7. The molecule has 14 heteroatoms. The number of aliphatic hydroxyl groups is 1. The molecule has 4 N–H and O–H groups in total. The molecule has 0 spiro atoms. The number of fused-ring (bicyclic) bond motifs is 1. The van der Waals surface area contributed by atoms with E-state index in [0.29, 0.717) is 25.9 Å². The highest BCUT2D eigenvalue weighted by atomic mass is 16.6. The van der Waals surface area contributed by atoms with Crippen molar-refractivity contribution in [2.75, 3.05) is 19.6 Å². The first-order chi connectivity index (χ1) is 22.6. The van der Waals surface area contributed by atoms with Gasteiger partial charge in [-0.25, -0.2) is 4.79 Å². The van der Waals surface area contributed by atoms with E-state index in [0.717, 1.165) is 11.1 Å². The Morgan fingerprint density at radius 2 is 1.65 bits per heavy atom. The Labute approximate surface area is 281 Å². The molecular weight excluding hydrogens is 622 g/mol. The Morgan fingerprint density at radius 3 is 2.25 bits per heavy atom. The average Bonchev–Trinajstić information content (AvgIpc) is 3.48. The molecule has 1 aromatic rings. The highest BCUT2D eigenvalue weighted by molar-refractivity contribution is 6.38. The maximum atomic E-state index is 14.0. The van der Waals surface area contributed by atoms with Gasteiger partial charge in [0.2, 0.25) is 23.5 Å². The number of ketones is 2. The number of benzene rings is 1. The summed E-state index contributed by atoms with van der Waals surface area (Å²) in [5.74, 6) is -5.28. The van der Waals surface area contributed by atoms with Crippen LogP contribution in [0.2, 0.25) is 0 Å². The van der Waals surface area contributed by atoms with Gasteiger partial charge in [-0.2, -0.15) is 0 Å². The molecule has 1 fully saturated rings. The molecule has 1 unspecified atom stereocenters. The normalized spacial score (nSPS) is 19.2. The molecule has 14 nitrogen and oxygen atoms in total. The van der Waals surface area contributed by atoms with Crippen LogP contribution in [0.3, 0.4) is 0 Å². The van der Waals surface area contributed by atoms with E-state index in [9.17, 15) is 38.7 Å². The number of nitrogens with zero attached hydrogens (tertiary/aromatic N) is 2. The van der Waals surface area contributed by atoms with Gasteiger partial charge in [0.1, 0.15) is 30.1 Å². The SMILES string of the molecule is CCCC(NC(=O)[C@@H]1C[C@@H](OC(=O)N2CCc3ccccc3C2)CN1C(=O)[C@@H](NC(=O)[C@@H](O)C(C)C)C(C)C)C(=O)C(=O)NCC(C)=O. The van der Waals surface area contributed by atoms with Crippen molar-refractivity contribution in [3.8, 4) is 0 Å². The van der Waals surface area contributed by atoms with E-state index in [1.165, 1.54) is 11.8 Å². The number of amides is 5. The highest BCUT2D eigenvalue weighted by Crippen LogP contribution is 2.26. The number of likely N-dealkylation sites (tertiary alicyclic amines) is 1. The predicted octanol–water partition coefficient (Wildman–Crippen LogP) is 0.868. The maximum absolute atomic E-state index is 14.0. The van der Waals surface area contributed by atoms with Crippen LogP contribution in [0.25, 0.3) is 0 Å². The number of carbonyl (C=O) groups is 7. The van der Waals surface area contributed by atoms with E-state index < -0.39 is 77.7 Å². The Morgan fingerprint density at radius 1 is 0.979 bits per heavy atom. The molecule has 2 aliphatic rings. The van der Waals surface area contributed by atoms with E-state index in [2.05, 4.69) is 16.0 Å². The van der Waals surface area contributed by atoms with Crippen LogP contribution in [0.1, 0.15) is 71.9 Å². The third-order valence-electron chi connectivity index (χ3n) is 8.57. The summed E-state index contributed by atoms with van der Waals surface area (Å²) in [6, 6.07) is 4.22. The summed E-state index contributed by atoms with van der Waals surface area (Å²) in [5.41, 5.74) is 2.14. The summed E-state index contributed by atoms with van der Waals surface area (Å²) in [6.07, 6.45) is -1.75. The van der Waals surface area contributed by atoms with Crippen molar-refractivity contribution in [3.05, 3.63) is 35.4 Å². The van der Waals surface area contributed by atoms with E-state index in [1.807, 2.05) is 24.3 Å². The lowest BCUT2D eigenvalue weighted by molar-refractivity contribution is -0.145. The van der Waals surface area contributed by atoms with Gasteiger partial charge >= 0.3 is 6.09 Å². The number of hydrogen-bond donors (Lipinski definition) is 4. The number of hydrogen-bond acceptors (Lipinski definition) is 9. The second-order valence-corrected chi connectivity index (χ2v) is 13.2. The molecule has 48 heavy (non-hydrogen) atoms. The summed E-state index contributed by atoms with van der Waals surface area (Å²) in [5, 5.41) is 17.8. The number of carbonyl (C=O) groups excluding carboxylic acids is 7. The zero-order valence-corrected chi connectivity index (χ0v) is 28.6. The summed E-state index contributed by atoms with van der Waals surface area (Å²) in [6.45, 7) is 10.0. The van der Waals surface area contributed by atoms with Crippen LogP contribution < -0.4 is 16.0 Å². The third-order valence-corrected chi connectivity index (χ3v) is 8.57. The first-order valence-electron chi connectivity index (χ1n) is 16.6. The third kappa shape index (κ3) is 9.85. The summed E-state index contributed by atoms with van der Waals surface area (Å²) in [7, 11) is 0. The largest absolute Gasteiger partial charge is 0.444 e. The average molecular weight is 672 g/mol. The van der Waals surface area contributed by atoms with Crippen molar-refractivity contribution in [3.63, 3.8) is 0 Å². The van der Waals surface area contributed by atoms with Gasteiger partial charge < -0.3 is 35.6 Å². The van der Waals surface area contributed by atoms with Gasteiger partial charge in [-0.15, -0.1) is 0 Å². The van der Waals surface area contributed by atoms with E-state index >= 15 is 0 Å². The topological polar surface area (TPSA) is 192 Å². The van der Waals surface area contributed by atoms with Gasteiger partial charge in [-0.1, -0.05) is 65.3 Å². The van der Waals surface area contributed by atoms with Crippen LogP contribution >= 0.6 is 0 Å². The lowest BCUT2D eigenvalue weighted by Gasteiger charge is -2.31. The summed E-state index contributed by atoms with van der Waals surface area (Å²) >= 11 is 0. The number of Topliss-reactive ketones (excluding diaryl/α,β-unsaturated/α-hetero) is 2. The summed E-state index contributed by atoms with van der Waals surface area (Å²) < 4.78 is 5.83. The zero-order valence-electron chi connectivity index (χ0n) is 28.6. The molecule has 1 aromatic carbocycles. The first kappa shape index (κ1) is 38.1. The van der Waals surface area contributed by atoms with Crippen LogP contribution in [0.5, 0.6) is 0 Å². The van der Waals surface area contributed by atoms with Crippen LogP contribution in [0.4, 0.5) is 4.79 Å². The Balaban J connectivity index is 1.84. The molecule has 0 aromatic heterocycles. The minimum absolute atomic E-state index is 0.0926. The van der Waals surface area contributed by atoms with Crippen molar-refractivity contribution in [1.29, 1.82) is 0 Å². The van der Waals surface area contributed by atoms with E-state index in [1.54, 1.807) is 39.5 Å². The molecule has 264 valence electrons. The molecule has 5 atom stereocenters. The molecule has 0 saturated carbocycles. The minimum atomic E-state index is -1.37. The highest BCUT2D eigenvalue weighted by Gasteiger charge is 2.45. The molecule has 0 bridgehead atoms. The molecule has 0 radical (unpaired) electrons. The molecule has 5 amide bonds. The standard InChI is InChI=1S/C34H49N5O9/c1-7-10-25(29(42)31(44)35-16-21(6)40)36-30(43)26-15-24(48-34(47)38-14-13-22-11-8-9-12-23(22)17-38)18-39(26)33(46)27(19(2)3)37-32(45)28(41)20(4)5/h8-9,11-12,19-20,24-28,41H,7,10,13-18H2,1-6H3,(H,35,44)(H,36,43)(H,37,45)/t24-,25?,26+,27+,28+/m1/s1. The number of aliphatic hydroxyl groups excluding tert-OH is 1. The van der Waals surface area contributed by atoms with Crippen molar-refractivity contribution >= 4 is 41.3 Å². The van der Waals surface area contributed by atoms with Crippen LogP contribution in [0.15, 0.2) is 24.3 Å². The monoisotopic (exact) mass is 671 g/mol. The van der Waals surface area contributed by atoms with Crippen molar-refractivity contribution in [2.24, 2.45) is 11.8 Å². The first-order valence-corrected chi connectivity index (χ1v) is 16.6. The molecule has 0 aliphatic carbocycles. The molecular formula is C34H49N5O9. The Hall–Kier alpha value is -4.33. The molecule has 2 aliphatic heterocycles. The van der Waals surface area contributed by atoms with Crippen molar-refractivity contribution in [1.82, 2.24) is 25.8 Å². The Bertz CT molecular complexity index is 1380. The van der Waals surface area contributed by atoms with Crippen LogP contribution in [0, 0.1) is 11.8 Å². The predicted molar refractivity (Wildman–Crippen MR) is 174 cm³/mol. The fraction of sp³-hybridized carbons (Fsp3) is 0.618. The second kappa shape index (κ2) is 17.2. The fourth-order valence-electron chi connectivity index (χ4n) is 5.75. The van der Waals surface area contributed by atoms with E-state index in [-0.39, 0.29) is 31.7 Å². The fourth-order valence-corrected chi connectivity index (χ4v) is 5.75. The van der Waals surface area contributed by atoms with Gasteiger partial charge in [-0.3, -0.25) is 28.8 Å². The molecule has 1 saturated heterocycles. The minimum Gasteiger partial charge on any atom is -0.444 e. The van der Waals surface area contributed by atoms with Gasteiger partial charge in [0.05, 0.1) is 19.1 Å². The van der Waals surface area contributed by atoms with Gasteiger partial charge in [-0.05, 0) is 42.7 Å². The van der Waals surface area contributed by atoms with Gasteiger partial charge in [0.15, 0.2) is 0 Å². The van der Waals surface area contributed by atoms with Crippen LogP contribution in [-0.4, -0.2) is 106 Å². The van der Waals surface area contributed by atoms with Gasteiger partial charge in [0.25, 0.3) is 5.91 Å². The lowest BCUT2D eigenvalue weighted by Crippen LogP contribution is -2.58. The lowest BCUT2D eigenvalue weighted by atomic mass is 10.00. The number of ether oxygens (including phenoxy) is 1. The quantitative estimate of drug-likeness (QED) is 0.208. The number of nitrogens with one attached hydrogen (secondary N) is 3. The maximum Gasteiger partial charge on any atom is 0.410 e. The van der Waals surface area contributed by atoms with Crippen molar-refractivity contribution in [2.45, 2.75) is 104 Å².